The van der Waals surface area contributed by atoms with Crippen LogP contribution in [0.4, 0.5) is 0 Å². The number of hydrogen-bond acceptors (Lipinski definition) is 3. The molecule has 44 heavy (non-hydrogen) atoms. The Balaban J connectivity index is 1.31. The maximum Gasteiger partial charge on any atom is 0.235 e. The highest BCUT2D eigenvalue weighted by atomic mass is 32.1. The Morgan fingerprint density at radius 3 is 2.11 bits per heavy atom. The van der Waals surface area contributed by atoms with Crippen LogP contribution < -0.4 is 0 Å². The van der Waals surface area contributed by atoms with E-state index in [9.17, 15) is 0 Å². The van der Waals surface area contributed by atoms with Crippen LogP contribution >= 0.6 is 11.3 Å². The van der Waals surface area contributed by atoms with Crippen molar-refractivity contribution >= 4 is 85.8 Å². The van der Waals surface area contributed by atoms with Gasteiger partial charge in [-0.2, -0.15) is 0 Å². The number of thiophene rings is 1. The monoisotopic (exact) mass is 577 g/mol. The second-order valence-corrected chi connectivity index (χ2v) is 12.5. The van der Waals surface area contributed by atoms with Gasteiger partial charge < -0.3 is 0 Å². The van der Waals surface area contributed by atoms with Gasteiger partial charge in [-0.1, -0.05) is 103 Å². The van der Waals surface area contributed by atoms with Gasteiger partial charge in [-0.15, -0.1) is 11.3 Å². The molecular weight excluding hydrogens is 555 g/mol. The van der Waals surface area contributed by atoms with Crippen LogP contribution in [0.15, 0.2) is 140 Å². The fourth-order valence-electron chi connectivity index (χ4n) is 7.02. The molecule has 0 spiro atoms. The predicted octanol–water partition coefficient (Wildman–Crippen LogP) is 11.1. The first kappa shape index (κ1) is 23.9. The molecule has 0 aliphatic rings. The number of aromatic nitrogens is 3. The van der Waals surface area contributed by atoms with E-state index in [1.807, 2.05) is 23.5 Å². The van der Waals surface area contributed by atoms with E-state index >= 15 is 0 Å². The van der Waals surface area contributed by atoms with E-state index in [1.54, 1.807) is 0 Å². The van der Waals surface area contributed by atoms with Gasteiger partial charge >= 0.3 is 0 Å². The normalized spacial score (nSPS) is 12.1. The molecule has 0 radical (unpaired) electrons. The Bertz CT molecular complexity index is 2770. The molecule has 0 amide bonds. The molecular formula is C40H23N3S. The number of benzene rings is 7. The largest absolute Gasteiger partial charge is 0.278 e. The Kier molecular flexibility index (Phi) is 4.87. The summed E-state index contributed by atoms with van der Waals surface area (Å²) < 4.78 is 4.90. The lowest BCUT2D eigenvalue weighted by Gasteiger charge is -2.12. The van der Waals surface area contributed by atoms with E-state index < -0.39 is 0 Å². The predicted molar refractivity (Wildman–Crippen MR) is 187 cm³/mol. The summed E-state index contributed by atoms with van der Waals surface area (Å²) in [6, 6.07) is 50.0. The minimum absolute atomic E-state index is 0.681. The van der Waals surface area contributed by atoms with Crippen molar-refractivity contribution in [3.8, 4) is 17.2 Å². The molecule has 3 nitrogen and oxygen atoms in total. The smallest absolute Gasteiger partial charge is 0.235 e. The van der Waals surface area contributed by atoms with Crippen LogP contribution in [0.2, 0.25) is 0 Å². The van der Waals surface area contributed by atoms with Gasteiger partial charge in [-0.05, 0) is 57.9 Å². The van der Waals surface area contributed by atoms with Crippen LogP contribution in [0.25, 0.3) is 91.6 Å². The summed E-state index contributed by atoms with van der Waals surface area (Å²) >= 11 is 1.87. The number of rotatable bonds is 2. The third kappa shape index (κ3) is 3.31. The Labute approximate surface area is 256 Å². The Morgan fingerprint density at radius 2 is 1.20 bits per heavy atom. The molecule has 3 aromatic heterocycles. The van der Waals surface area contributed by atoms with E-state index in [0.717, 1.165) is 33.2 Å². The standard InChI is InChI=1S/C40H23N3S/c1-2-10-24(11-3-1)39-29-13-4-7-15-33(29)41-40(42-39)43-34-16-8-5-12-27(34)32-23-31-25(22-35(32)43)18-19-28-26(31)20-21-37-38(28)30-14-6-9-17-36(30)44-37/h1-23H. The second-order valence-electron chi connectivity index (χ2n) is 11.4. The van der Waals surface area contributed by atoms with Gasteiger partial charge in [-0.3, -0.25) is 4.57 Å². The van der Waals surface area contributed by atoms with Crippen molar-refractivity contribution in [1.29, 1.82) is 0 Å². The number of fused-ring (bicyclic) bond motifs is 11. The molecule has 10 aromatic rings. The van der Waals surface area contributed by atoms with E-state index in [1.165, 1.54) is 52.5 Å². The average Bonchev–Trinajstić information content (AvgIpc) is 3.63. The first-order valence-corrected chi connectivity index (χ1v) is 15.7. The van der Waals surface area contributed by atoms with Crippen molar-refractivity contribution in [3.05, 3.63) is 140 Å². The van der Waals surface area contributed by atoms with Gasteiger partial charge in [0.25, 0.3) is 0 Å². The number of hydrogen-bond donors (Lipinski definition) is 0. The molecule has 3 heterocycles. The maximum absolute atomic E-state index is 5.25. The molecule has 7 aromatic carbocycles. The second kappa shape index (κ2) is 8.96. The van der Waals surface area contributed by atoms with E-state index in [-0.39, 0.29) is 0 Å². The average molecular weight is 578 g/mol. The van der Waals surface area contributed by atoms with Gasteiger partial charge in [-0.25, -0.2) is 9.97 Å². The number of para-hydroxylation sites is 2. The molecule has 0 saturated carbocycles. The lowest BCUT2D eigenvalue weighted by atomic mass is 9.97. The Morgan fingerprint density at radius 1 is 0.455 bits per heavy atom. The summed E-state index contributed by atoms with van der Waals surface area (Å²) in [5.74, 6) is 0.681. The molecule has 0 atom stereocenters. The van der Waals surface area contributed by atoms with Crippen LogP contribution in [0.1, 0.15) is 0 Å². The van der Waals surface area contributed by atoms with Crippen LogP contribution in [0.5, 0.6) is 0 Å². The molecule has 10 rings (SSSR count). The molecule has 0 aliphatic carbocycles. The highest BCUT2D eigenvalue weighted by Crippen LogP contribution is 2.42. The Hall–Kier alpha value is -5.58. The first-order valence-electron chi connectivity index (χ1n) is 14.8. The summed E-state index contributed by atoms with van der Waals surface area (Å²) in [6.45, 7) is 0. The van der Waals surface area contributed by atoms with Crippen LogP contribution in [-0.2, 0) is 0 Å². The summed E-state index contributed by atoms with van der Waals surface area (Å²) in [5.41, 5.74) is 5.16. The maximum atomic E-state index is 5.25. The van der Waals surface area contributed by atoms with Crippen molar-refractivity contribution in [2.24, 2.45) is 0 Å². The molecule has 4 heteroatoms. The van der Waals surface area contributed by atoms with E-state index in [4.69, 9.17) is 9.97 Å². The van der Waals surface area contributed by atoms with Gasteiger partial charge in [0, 0.05) is 41.9 Å². The molecule has 0 fully saturated rings. The molecule has 204 valence electrons. The summed E-state index contributed by atoms with van der Waals surface area (Å²) in [5, 5.41) is 11.2. The highest BCUT2D eigenvalue weighted by molar-refractivity contribution is 7.26. The number of nitrogens with zero attached hydrogens (tertiary/aromatic N) is 3. The van der Waals surface area contributed by atoms with E-state index in [0.29, 0.717) is 5.95 Å². The summed E-state index contributed by atoms with van der Waals surface area (Å²) in [7, 11) is 0. The summed E-state index contributed by atoms with van der Waals surface area (Å²) in [4.78, 5) is 10.4. The van der Waals surface area contributed by atoms with Crippen molar-refractivity contribution in [2.45, 2.75) is 0 Å². The van der Waals surface area contributed by atoms with Gasteiger partial charge in [0.05, 0.1) is 22.2 Å². The van der Waals surface area contributed by atoms with Crippen LogP contribution in [0, 0.1) is 0 Å². The van der Waals surface area contributed by atoms with Crippen LogP contribution in [0.3, 0.4) is 0 Å². The van der Waals surface area contributed by atoms with Gasteiger partial charge in [0.2, 0.25) is 5.95 Å². The van der Waals surface area contributed by atoms with Gasteiger partial charge in [0.1, 0.15) is 0 Å². The first-order chi connectivity index (χ1) is 21.8. The van der Waals surface area contributed by atoms with Crippen molar-refractivity contribution in [2.75, 3.05) is 0 Å². The lowest BCUT2D eigenvalue weighted by molar-refractivity contribution is 1.01. The third-order valence-electron chi connectivity index (χ3n) is 8.99. The highest BCUT2D eigenvalue weighted by Gasteiger charge is 2.19. The molecule has 0 unspecified atom stereocenters. The molecule has 0 aliphatic heterocycles. The van der Waals surface area contributed by atoms with Crippen LogP contribution in [-0.4, -0.2) is 14.5 Å². The molecule has 0 N–H and O–H groups in total. The topological polar surface area (TPSA) is 30.7 Å². The minimum atomic E-state index is 0.681. The zero-order chi connectivity index (χ0) is 28.8. The van der Waals surface area contributed by atoms with Crippen molar-refractivity contribution in [3.63, 3.8) is 0 Å². The fraction of sp³-hybridized carbons (Fsp3) is 0. The zero-order valence-electron chi connectivity index (χ0n) is 23.5. The third-order valence-corrected chi connectivity index (χ3v) is 10.1. The lowest BCUT2D eigenvalue weighted by Crippen LogP contribution is -2.03. The molecule has 0 bridgehead atoms. The van der Waals surface area contributed by atoms with E-state index in [2.05, 4.69) is 132 Å². The quantitative estimate of drug-likeness (QED) is 0.191. The van der Waals surface area contributed by atoms with Gasteiger partial charge in [0.15, 0.2) is 0 Å². The zero-order valence-corrected chi connectivity index (χ0v) is 24.3. The minimum Gasteiger partial charge on any atom is -0.278 e. The fourth-order valence-corrected chi connectivity index (χ4v) is 8.14. The molecule has 0 saturated heterocycles. The SMILES string of the molecule is c1ccc(-c2nc(-n3c4ccccc4c4cc5c(ccc6c5ccc5sc7ccccc7c56)cc43)nc3ccccc23)cc1. The van der Waals surface area contributed by atoms with Crippen molar-refractivity contribution < 1.29 is 0 Å². The summed E-state index contributed by atoms with van der Waals surface area (Å²) in [6.07, 6.45) is 0. The van der Waals surface area contributed by atoms with Crippen molar-refractivity contribution in [1.82, 2.24) is 14.5 Å².